The summed E-state index contributed by atoms with van der Waals surface area (Å²) in [6.45, 7) is 5.70. The highest BCUT2D eigenvalue weighted by molar-refractivity contribution is 5.39. The van der Waals surface area contributed by atoms with Crippen molar-refractivity contribution in [3.63, 3.8) is 0 Å². The molecule has 0 saturated carbocycles. The van der Waals surface area contributed by atoms with E-state index in [1.165, 1.54) is 11.1 Å². The van der Waals surface area contributed by atoms with Crippen LogP contribution < -0.4 is 10.1 Å². The van der Waals surface area contributed by atoms with Gasteiger partial charge in [0, 0.05) is 39.1 Å². The first-order chi connectivity index (χ1) is 9.31. The number of piperazine rings is 1. The minimum atomic E-state index is -0.279. The summed E-state index contributed by atoms with van der Waals surface area (Å²) >= 11 is 0. The average molecular weight is 262 g/mol. The van der Waals surface area contributed by atoms with Crippen molar-refractivity contribution < 1.29 is 9.84 Å². The lowest BCUT2D eigenvalue weighted by molar-refractivity contribution is 0.105. The number of benzene rings is 1. The van der Waals surface area contributed by atoms with Crippen LogP contribution in [0.25, 0.3) is 0 Å². The van der Waals surface area contributed by atoms with Gasteiger partial charge in [-0.15, -0.1) is 0 Å². The molecule has 4 nitrogen and oxygen atoms in total. The molecular formula is C15H22N2O2. The van der Waals surface area contributed by atoms with Gasteiger partial charge in [-0.3, -0.25) is 4.90 Å². The number of β-amino-alcohol motifs (C(OH)–C–C–N with tert-alkyl or cyclic N) is 1. The van der Waals surface area contributed by atoms with Crippen LogP contribution in [0.15, 0.2) is 18.2 Å². The molecule has 1 fully saturated rings. The lowest BCUT2D eigenvalue weighted by Gasteiger charge is -2.29. The third-order valence-corrected chi connectivity index (χ3v) is 3.90. The first kappa shape index (κ1) is 12.9. The van der Waals surface area contributed by atoms with Gasteiger partial charge in [0.25, 0.3) is 0 Å². The van der Waals surface area contributed by atoms with E-state index in [0.717, 1.165) is 57.9 Å². The molecule has 2 aliphatic heterocycles. The van der Waals surface area contributed by atoms with E-state index in [0.29, 0.717) is 0 Å². The van der Waals surface area contributed by atoms with Crippen LogP contribution in [0.5, 0.6) is 5.75 Å². The van der Waals surface area contributed by atoms with E-state index in [9.17, 15) is 5.11 Å². The van der Waals surface area contributed by atoms with Crippen molar-refractivity contribution in [2.75, 3.05) is 39.3 Å². The van der Waals surface area contributed by atoms with Crippen molar-refractivity contribution in [2.45, 2.75) is 18.9 Å². The van der Waals surface area contributed by atoms with Gasteiger partial charge in [0.2, 0.25) is 0 Å². The summed E-state index contributed by atoms with van der Waals surface area (Å²) in [5, 5.41) is 13.5. The van der Waals surface area contributed by atoms with Gasteiger partial charge in [0.1, 0.15) is 5.75 Å². The SMILES string of the molecule is OC(Cc1ccc2c(c1)CCO2)CN1CCNCC1. The molecule has 0 aromatic heterocycles. The maximum absolute atomic E-state index is 10.2. The fourth-order valence-corrected chi connectivity index (χ4v) is 2.90. The summed E-state index contributed by atoms with van der Waals surface area (Å²) in [6, 6.07) is 6.30. The zero-order valence-corrected chi connectivity index (χ0v) is 11.3. The third kappa shape index (κ3) is 3.26. The van der Waals surface area contributed by atoms with Gasteiger partial charge in [-0.05, 0) is 23.6 Å². The number of hydrogen-bond donors (Lipinski definition) is 2. The molecule has 2 heterocycles. The zero-order valence-electron chi connectivity index (χ0n) is 11.3. The average Bonchev–Trinajstić information content (AvgIpc) is 2.87. The Kier molecular flexibility index (Phi) is 4.01. The smallest absolute Gasteiger partial charge is 0.122 e. The lowest BCUT2D eigenvalue weighted by atomic mass is 10.0. The lowest BCUT2D eigenvalue weighted by Crippen LogP contribution is -2.46. The van der Waals surface area contributed by atoms with Crippen LogP contribution >= 0.6 is 0 Å². The molecule has 2 aliphatic rings. The molecule has 4 heteroatoms. The normalized spacial score (nSPS) is 20.9. The van der Waals surface area contributed by atoms with Crippen LogP contribution in [0.2, 0.25) is 0 Å². The first-order valence-electron chi connectivity index (χ1n) is 7.17. The van der Waals surface area contributed by atoms with Gasteiger partial charge in [0.15, 0.2) is 0 Å². The second-order valence-corrected chi connectivity index (χ2v) is 5.45. The second-order valence-electron chi connectivity index (χ2n) is 5.45. The van der Waals surface area contributed by atoms with Gasteiger partial charge in [-0.2, -0.15) is 0 Å². The van der Waals surface area contributed by atoms with E-state index >= 15 is 0 Å². The minimum absolute atomic E-state index is 0.279. The number of aliphatic hydroxyl groups excluding tert-OH is 1. The fraction of sp³-hybridized carbons (Fsp3) is 0.600. The van der Waals surface area contributed by atoms with E-state index in [1.54, 1.807) is 0 Å². The van der Waals surface area contributed by atoms with Crippen molar-refractivity contribution in [2.24, 2.45) is 0 Å². The van der Waals surface area contributed by atoms with Crippen LogP contribution in [0, 0.1) is 0 Å². The maximum Gasteiger partial charge on any atom is 0.122 e. The molecule has 1 aromatic carbocycles. The maximum atomic E-state index is 10.2. The van der Waals surface area contributed by atoms with Gasteiger partial charge in [-0.25, -0.2) is 0 Å². The number of hydrogen-bond acceptors (Lipinski definition) is 4. The molecule has 1 unspecified atom stereocenters. The molecule has 0 radical (unpaired) electrons. The Bertz CT molecular complexity index is 430. The van der Waals surface area contributed by atoms with E-state index in [-0.39, 0.29) is 6.10 Å². The summed E-state index contributed by atoms with van der Waals surface area (Å²) < 4.78 is 5.50. The van der Waals surface area contributed by atoms with E-state index < -0.39 is 0 Å². The molecule has 2 N–H and O–H groups in total. The summed E-state index contributed by atoms with van der Waals surface area (Å²) in [7, 11) is 0. The van der Waals surface area contributed by atoms with Crippen molar-refractivity contribution in [3.05, 3.63) is 29.3 Å². The molecular weight excluding hydrogens is 240 g/mol. The Morgan fingerprint density at radius 1 is 1.32 bits per heavy atom. The predicted molar refractivity (Wildman–Crippen MR) is 74.7 cm³/mol. The van der Waals surface area contributed by atoms with Gasteiger partial charge in [0.05, 0.1) is 12.7 Å². The standard InChI is InChI=1S/C15H22N2O2/c18-14(11-17-6-4-16-5-7-17)10-12-1-2-15-13(9-12)3-8-19-15/h1-2,9,14,16,18H,3-8,10-11H2. The van der Waals surface area contributed by atoms with Gasteiger partial charge >= 0.3 is 0 Å². The summed E-state index contributed by atoms with van der Waals surface area (Å²) in [6.07, 6.45) is 1.45. The topological polar surface area (TPSA) is 44.7 Å². The molecule has 19 heavy (non-hydrogen) atoms. The van der Waals surface area contributed by atoms with Crippen molar-refractivity contribution in [1.82, 2.24) is 10.2 Å². The molecule has 1 aromatic rings. The molecule has 0 spiro atoms. The van der Waals surface area contributed by atoms with Gasteiger partial charge in [-0.1, -0.05) is 12.1 Å². The quantitative estimate of drug-likeness (QED) is 0.826. The molecule has 1 saturated heterocycles. The molecule has 3 rings (SSSR count). The number of fused-ring (bicyclic) bond motifs is 1. The van der Waals surface area contributed by atoms with E-state index in [1.807, 2.05) is 6.07 Å². The summed E-state index contributed by atoms with van der Waals surface area (Å²) in [4.78, 5) is 2.33. The van der Waals surface area contributed by atoms with E-state index in [4.69, 9.17) is 4.74 Å². The Morgan fingerprint density at radius 2 is 2.16 bits per heavy atom. The van der Waals surface area contributed by atoms with Crippen molar-refractivity contribution in [3.8, 4) is 5.75 Å². The first-order valence-corrected chi connectivity index (χ1v) is 7.17. The molecule has 1 atom stereocenters. The largest absolute Gasteiger partial charge is 0.493 e. The Balaban J connectivity index is 1.55. The minimum Gasteiger partial charge on any atom is -0.493 e. The highest BCUT2D eigenvalue weighted by Crippen LogP contribution is 2.26. The van der Waals surface area contributed by atoms with Gasteiger partial charge < -0.3 is 15.2 Å². The van der Waals surface area contributed by atoms with Crippen molar-refractivity contribution in [1.29, 1.82) is 0 Å². The number of nitrogens with zero attached hydrogens (tertiary/aromatic N) is 1. The zero-order chi connectivity index (χ0) is 13.1. The monoisotopic (exact) mass is 262 g/mol. The number of rotatable bonds is 4. The highest BCUT2D eigenvalue weighted by Gasteiger charge is 2.16. The van der Waals surface area contributed by atoms with Crippen LogP contribution in [0.3, 0.4) is 0 Å². The molecule has 0 amide bonds. The summed E-state index contributed by atoms with van der Waals surface area (Å²) in [5.74, 6) is 1.01. The Morgan fingerprint density at radius 3 is 3.00 bits per heavy atom. The number of aliphatic hydroxyl groups is 1. The fourth-order valence-electron chi connectivity index (χ4n) is 2.90. The second kappa shape index (κ2) is 5.90. The molecule has 0 aliphatic carbocycles. The number of ether oxygens (including phenoxy) is 1. The molecule has 104 valence electrons. The van der Waals surface area contributed by atoms with Crippen LogP contribution in [-0.4, -0.2) is 55.4 Å². The summed E-state index contributed by atoms with van der Waals surface area (Å²) in [5.41, 5.74) is 2.50. The van der Waals surface area contributed by atoms with Crippen LogP contribution in [0.4, 0.5) is 0 Å². The van der Waals surface area contributed by atoms with Crippen LogP contribution in [-0.2, 0) is 12.8 Å². The Hall–Kier alpha value is -1.10. The third-order valence-electron chi connectivity index (χ3n) is 3.90. The highest BCUT2D eigenvalue weighted by atomic mass is 16.5. The molecule has 0 bridgehead atoms. The van der Waals surface area contributed by atoms with Crippen LogP contribution in [0.1, 0.15) is 11.1 Å². The van der Waals surface area contributed by atoms with Crippen molar-refractivity contribution >= 4 is 0 Å². The Labute approximate surface area is 114 Å². The van der Waals surface area contributed by atoms with E-state index in [2.05, 4.69) is 22.3 Å². The predicted octanol–water partition coefficient (Wildman–Crippen LogP) is 0.430. The number of nitrogens with one attached hydrogen (secondary N) is 1.